The van der Waals surface area contributed by atoms with Crippen LogP contribution < -0.4 is 0 Å². The van der Waals surface area contributed by atoms with Crippen molar-refractivity contribution in [3.63, 3.8) is 0 Å². The van der Waals surface area contributed by atoms with Crippen LogP contribution in [0.5, 0.6) is 0 Å². The summed E-state index contributed by atoms with van der Waals surface area (Å²) in [5.74, 6) is -0.0800. The fraction of sp³-hybridized carbons (Fsp3) is 0.400. The first-order valence-corrected chi connectivity index (χ1v) is 6.67. The fourth-order valence-electron chi connectivity index (χ4n) is 2.89. The first kappa shape index (κ1) is 11.9. The van der Waals surface area contributed by atoms with E-state index in [2.05, 4.69) is 16.0 Å². The number of piperidine rings is 1. The highest BCUT2D eigenvalue weighted by Gasteiger charge is 2.29. The number of fused-ring (bicyclic) bond motifs is 1. The van der Waals surface area contributed by atoms with Crippen LogP contribution in [-0.4, -0.2) is 28.8 Å². The van der Waals surface area contributed by atoms with Gasteiger partial charge in [-0.05, 0) is 30.9 Å². The molecule has 4 heteroatoms. The molecule has 0 N–H and O–H groups in total. The van der Waals surface area contributed by atoms with E-state index in [1.165, 1.54) is 6.42 Å². The zero-order valence-corrected chi connectivity index (χ0v) is 10.7. The van der Waals surface area contributed by atoms with Gasteiger partial charge in [0.25, 0.3) is 0 Å². The Balaban J connectivity index is 2.14. The molecule has 0 atom stereocenters. The number of likely N-dealkylation sites (tertiary alicyclic amines) is 1. The number of aromatic nitrogens is 1. The van der Waals surface area contributed by atoms with Gasteiger partial charge in [-0.2, -0.15) is 5.26 Å². The van der Waals surface area contributed by atoms with E-state index >= 15 is 0 Å². The predicted molar refractivity (Wildman–Crippen MR) is 70.9 cm³/mol. The zero-order valence-electron chi connectivity index (χ0n) is 10.7. The van der Waals surface area contributed by atoms with Crippen LogP contribution in [0.4, 0.5) is 0 Å². The van der Waals surface area contributed by atoms with Gasteiger partial charge in [0, 0.05) is 37.5 Å². The Morgan fingerprint density at radius 1 is 1.26 bits per heavy atom. The smallest absolute Gasteiger partial charge is 0.179 e. The number of carbonyl (C=O) groups is 1. The molecule has 0 saturated carbocycles. The first-order chi connectivity index (χ1) is 9.31. The maximum Gasteiger partial charge on any atom is 0.179 e. The largest absolute Gasteiger partial charge is 0.370 e. The van der Waals surface area contributed by atoms with Crippen LogP contribution in [0.1, 0.15) is 30.4 Å². The van der Waals surface area contributed by atoms with Gasteiger partial charge in [0.1, 0.15) is 11.6 Å². The molecule has 1 aromatic rings. The molecule has 1 aromatic heterocycles. The highest BCUT2D eigenvalue weighted by atomic mass is 16.1. The van der Waals surface area contributed by atoms with Crippen LogP contribution in [0, 0.1) is 11.3 Å². The Bertz CT molecular complexity index is 592. The molecule has 2 aliphatic rings. The molecule has 4 nitrogen and oxygen atoms in total. The van der Waals surface area contributed by atoms with Crippen LogP contribution >= 0.6 is 0 Å². The Morgan fingerprint density at radius 2 is 2.05 bits per heavy atom. The molecule has 96 valence electrons. The first-order valence-electron chi connectivity index (χ1n) is 6.67. The van der Waals surface area contributed by atoms with E-state index in [4.69, 9.17) is 0 Å². The van der Waals surface area contributed by atoms with Crippen LogP contribution in [0.2, 0.25) is 0 Å². The van der Waals surface area contributed by atoms with Crippen molar-refractivity contribution >= 4 is 11.5 Å². The van der Waals surface area contributed by atoms with Gasteiger partial charge in [-0.1, -0.05) is 0 Å². The molecule has 0 bridgehead atoms. The number of nitriles is 1. The van der Waals surface area contributed by atoms with Crippen molar-refractivity contribution in [2.24, 2.45) is 0 Å². The van der Waals surface area contributed by atoms with Gasteiger partial charge < -0.3 is 4.90 Å². The van der Waals surface area contributed by atoms with Crippen molar-refractivity contribution in [3.8, 4) is 6.07 Å². The van der Waals surface area contributed by atoms with Crippen molar-refractivity contribution in [1.29, 1.82) is 5.26 Å². The van der Waals surface area contributed by atoms with E-state index in [0.717, 1.165) is 42.8 Å². The average Bonchev–Trinajstić information content (AvgIpc) is 2.46. The normalized spacial score (nSPS) is 19.1. The summed E-state index contributed by atoms with van der Waals surface area (Å²) in [6.07, 6.45) is 7.23. The number of hydrogen-bond donors (Lipinski definition) is 0. The van der Waals surface area contributed by atoms with Gasteiger partial charge in [-0.15, -0.1) is 0 Å². The Morgan fingerprint density at radius 3 is 2.79 bits per heavy atom. The summed E-state index contributed by atoms with van der Waals surface area (Å²) in [5, 5.41) is 9.32. The van der Waals surface area contributed by atoms with E-state index in [-0.39, 0.29) is 5.78 Å². The van der Waals surface area contributed by atoms with E-state index in [1.807, 2.05) is 6.07 Å². The van der Waals surface area contributed by atoms with Gasteiger partial charge in [0.15, 0.2) is 5.78 Å². The van der Waals surface area contributed by atoms with Crippen molar-refractivity contribution in [1.82, 2.24) is 9.88 Å². The lowest BCUT2D eigenvalue weighted by Gasteiger charge is -2.34. The molecular formula is C15H15N3O. The summed E-state index contributed by atoms with van der Waals surface area (Å²) >= 11 is 0. The van der Waals surface area contributed by atoms with Crippen molar-refractivity contribution < 1.29 is 4.79 Å². The van der Waals surface area contributed by atoms with E-state index in [9.17, 15) is 10.1 Å². The second-order valence-electron chi connectivity index (χ2n) is 5.02. The summed E-state index contributed by atoms with van der Waals surface area (Å²) < 4.78 is 0. The van der Waals surface area contributed by atoms with Gasteiger partial charge in [0.05, 0.1) is 5.70 Å². The molecule has 1 aliphatic carbocycles. The number of hydrogen-bond acceptors (Lipinski definition) is 4. The molecule has 0 amide bonds. The second-order valence-corrected chi connectivity index (χ2v) is 5.02. The molecule has 1 saturated heterocycles. The molecule has 2 heterocycles. The SMILES string of the molecule is N#CC1=C(N2CCCCC2)c2ccncc2CC1=O. The van der Waals surface area contributed by atoms with Crippen molar-refractivity contribution in [2.45, 2.75) is 25.7 Å². The van der Waals surface area contributed by atoms with E-state index < -0.39 is 0 Å². The molecule has 0 radical (unpaired) electrons. The second kappa shape index (κ2) is 4.85. The minimum absolute atomic E-state index is 0.0800. The zero-order chi connectivity index (χ0) is 13.2. The molecule has 19 heavy (non-hydrogen) atoms. The number of Topliss-reactive ketones (excluding diaryl/α,β-unsaturated/α-hetero) is 1. The lowest BCUT2D eigenvalue weighted by atomic mass is 9.88. The topological polar surface area (TPSA) is 57.0 Å². The fourth-order valence-corrected chi connectivity index (χ4v) is 2.89. The third-order valence-electron chi connectivity index (χ3n) is 3.81. The maximum absolute atomic E-state index is 12.1. The molecular weight excluding hydrogens is 238 g/mol. The summed E-state index contributed by atoms with van der Waals surface area (Å²) in [5.41, 5.74) is 3.09. The predicted octanol–water partition coefficient (Wildman–Crippen LogP) is 1.93. The maximum atomic E-state index is 12.1. The molecule has 0 spiro atoms. The number of allylic oxidation sites excluding steroid dienone is 1. The van der Waals surface area contributed by atoms with Crippen molar-refractivity contribution in [2.75, 3.05) is 13.1 Å². The molecule has 0 aromatic carbocycles. The van der Waals surface area contributed by atoms with Crippen LogP contribution in [0.3, 0.4) is 0 Å². The Kier molecular flexibility index (Phi) is 3.04. The number of rotatable bonds is 1. The average molecular weight is 253 g/mol. The molecule has 1 aliphatic heterocycles. The summed E-state index contributed by atoms with van der Waals surface area (Å²) in [7, 11) is 0. The van der Waals surface area contributed by atoms with Crippen LogP contribution in [0.15, 0.2) is 24.0 Å². The minimum Gasteiger partial charge on any atom is -0.370 e. The quantitative estimate of drug-likeness (QED) is 0.767. The third kappa shape index (κ3) is 2.01. The lowest BCUT2D eigenvalue weighted by molar-refractivity contribution is -0.114. The highest BCUT2D eigenvalue weighted by Crippen LogP contribution is 2.33. The summed E-state index contributed by atoms with van der Waals surface area (Å²) in [6.45, 7) is 1.85. The standard InChI is InChI=1S/C15H15N3O/c16-9-13-14(19)8-11-10-17-5-4-12(11)15(13)18-6-2-1-3-7-18/h4-5,10H,1-3,6-8H2. The van der Waals surface area contributed by atoms with E-state index in [1.54, 1.807) is 12.4 Å². The molecule has 1 fully saturated rings. The Hall–Kier alpha value is -2.15. The van der Waals surface area contributed by atoms with Gasteiger partial charge in [0.2, 0.25) is 0 Å². The lowest BCUT2D eigenvalue weighted by Crippen LogP contribution is -2.32. The molecule has 0 unspecified atom stereocenters. The summed E-state index contributed by atoms with van der Waals surface area (Å²) in [6, 6.07) is 4.03. The van der Waals surface area contributed by atoms with Crippen molar-refractivity contribution in [3.05, 3.63) is 35.2 Å². The number of ketones is 1. The van der Waals surface area contributed by atoms with Crippen LogP contribution in [-0.2, 0) is 11.2 Å². The third-order valence-corrected chi connectivity index (χ3v) is 3.81. The van der Waals surface area contributed by atoms with Gasteiger partial charge in [-0.25, -0.2) is 0 Å². The highest BCUT2D eigenvalue weighted by molar-refractivity contribution is 6.09. The Labute approximate surface area is 112 Å². The number of pyridine rings is 1. The summed E-state index contributed by atoms with van der Waals surface area (Å²) in [4.78, 5) is 18.4. The molecule has 3 rings (SSSR count). The van der Waals surface area contributed by atoms with E-state index in [0.29, 0.717) is 12.0 Å². The number of carbonyl (C=O) groups excluding carboxylic acids is 1. The minimum atomic E-state index is -0.0800. The van der Waals surface area contributed by atoms with Gasteiger partial charge >= 0.3 is 0 Å². The van der Waals surface area contributed by atoms with Gasteiger partial charge in [-0.3, -0.25) is 9.78 Å². The number of nitrogens with zero attached hydrogens (tertiary/aromatic N) is 3. The monoisotopic (exact) mass is 253 g/mol. The van der Waals surface area contributed by atoms with Crippen LogP contribution in [0.25, 0.3) is 5.70 Å².